The molecule has 2 aromatic heterocycles. The average molecular weight is 409 g/mol. The van der Waals surface area contributed by atoms with Crippen molar-refractivity contribution in [2.24, 2.45) is 4.99 Å². The summed E-state index contributed by atoms with van der Waals surface area (Å²) in [5, 5.41) is 12.6. The molecule has 0 saturated heterocycles. The molecule has 0 aliphatic heterocycles. The summed E-state index contributed by atoms with van der Waals surface area (Å²) in [6.07, 6.45) is 1.80. The Labute approximate surface area is 137 Å². The fourth-order valence-electron chi connectivity index (χ4n) is 1.36. The van der Waals surface area contributed by atoms with Crippen molar-refractivity contribution in [3.8, 4) is 0 Å². The highest BCUT2D eigenvalue weighted by Crippen LogP contribution is 2.07. The largest absolute Gasteiger partial charge is 0.350 e. The van der Waals surface area contributed by atoms with Gasteiger partial charge in [0.1, 0.15) is 10.0 Å². The number of halogens is 1. The van der Waals surface area contributed by atoms with Crippen LogP contribution in [0.4, 0.5) is 0 Å². The molecule has 0 amide bonds. The van der Waals surface area contributed by atoms with Gasteiger partial charge in [0.05, 0.1) is 13.1 Å². The highest BCUT2D eigenvalue weighted by molar-refractivity contribution is 14.0. The van der Waals surface area contributed by atoms with E-state index in [-0.39, 0.29) is 24.0 Å². The van der Waals surface area contributed by atoms with E-state index in [4.69, 9.17) is 0 Å². The Morgan fingerprint density at radius 1 is 1.26 bits per heavy atom. The summed E-state index contributed by atoms with van der Waals surface area (Å²) in [6.45, 7) is 3.37. The Bertz CT molecular complexity index is 509. The number of hydrogen-bond donors (Lipinski definition) is 2. The van der Waals surface area contributed by atoms with Gasteiger partial charge in [0.15, 0.2) is 5.96 Å². The quantitative estimate of drug-likeness (QED) is 0.463. The Hall–Kier alpha value is -0.740. The number of rotatable bonds is 4. The summed E-state index contributed by atoms with van der Waals surface area (Å²) in [5.41, 5.74) is 1.06. The van der Waals surface area contributed by atoms with E-state index >= 15 is 0 Å². The standard InChI is InChI=1S/C11H15N5S2.HI/c1-8-7-18-10(16-8)6-15-11(12-2)14-5-9-13-3-4-17-9;/h3-4,7H,5-6H2,1-2H3,(H2,12,14,15);1H. The van der Waals surface area contributed by atoms with Gasteiger partial charge in [0, 0.05) is 29.7 Å². The van der Waals surface area contributed by atoms with E-state index in [0.717, 1.165) is 21.7 Å². The second kappa shape index (κ2) is 8.43. The lowest BCUT2D eigenvalue weighted by Gasteiger charge is -2.09. The van der Waals surface area contributed by atoms with Crippen LogP contribution in [-0.4, -0.2) is 23.0 Å². The van der Waals surface area contributed by atoms with Gasteiger partial charge in [-0.05, 0) is 6.92 Å². The van der Waals surface area contributed by atoms with Crippen LogP contribution in [0.3, 0.4) is 0 Å². The van der Waals surface area contributed by atoms with Gasteiger partial charge in [0.2, 0.25) is 0 Å². The molecule has 2 aromatic rings. The van der Waals surface area contributed by atoms with Crippen molar-refractivity contribution in [3.05, 3.63) is 32.7 Å². The Morgan fingerprint density at radius 3 is 2.53 bits per heavy atom. The van der Waals surface area contributed by atoms with Crippen molar-refractivity contribution in [1.29, 1.82) is 0 Å². The first-order valence-corrected chi connectivity index (χ1v) is 7.28. The predicted molar refractivity (Wildman–Crippen MR) is 91.4 cm³/mol. The molecular weight excluding hydrogens is 393 g/mol. The first-order valence-electron chi connectivity index (χ1n) is 5.52. The highest BCUT2D eigenvalue weighted by atomic mass is 127. The molecule has 2 N–H and O–H groups in total. The van der Waals surface area contributed by atoms with Crippen LogP contribution in [0.15, 0.2) is 21.9 Å². The molecule has 2 heterocycles. The summed E-state index contributed by atoms with van der Waals surface area (Å²) in [6, 6.07) is 0. The molecule has 0 aliphatic rings. The second-order valence-electron chi connectivity index (χ2n) is 3.59. The topological polar surface area (TPSA) is 62.2 Å². The zero-order valence-corrected chi connectivity index (χ0v) is 14.7. The molecule has 104 valence electrons. The van der Waals surface area contributed by atoms with Crippen molar-refractivity contribution in [3.63, 3.8) is 0 Å². The number of thiazole rings is 2. The summed E-state index contributed by atoms with van der Waals surface area (Å²) in [7, 11) is 1.75. The van der Waals surface area contributed by atoms with Gasteiger partial charge in [-0.1, -0.05) is 0 Å². The third-order valence-corrected chi connectivity index (χ3v) is 3.93. The smallest absolute Gasteiger partial charge is 0.191 e. The number of aryl methyl sites for hydroxylation is 1. The van der Waals surface area contributed by atoms with Crippen LogP contribution in [0.2, 0.25) is 0 Å². The van der Waals surface area contributed by atoms with Gasteiger partial charge in [-0.25, -0.2) is 9.97 Å². The van der Waals surface area contributed by atoms with Crippen LogP contribution >= 0.6 is 46.7 Å². The summed E-state index contributed by atoms with van der Waals surface area (Å²) >= 11 is 3.28. The van der Waals surface area contributed by atoms with Gasteiger partial charge >= 0.3 is 0 Å². The molecule has 5 nitrogen and oxygen atoms in total. The third kappa shape index (κ3) is 5.41. The Kier molecular flexibility index (Phi) is 7.24. The van der Waals surface area contributed by atoms with Crippen molar-refractivity contribution in [2.45, 2.75) is 20.0 Å². The maximum absolute atomic E-state index is 4.39. The lowest BCUT2D eigenvalue weighted by molar-refractivity contribution is 0.800. The number of nitrogens with one attached hydrogen (secondary N) is 2. The monoisotopic (exact) mass is 409 g/mol. The zero-order chi connectivity index (χ0) is 12.8. The van der Waals surface area contributed by atoms with Crippen LogP contribution in [0, 0.1) is 6.92 Å². The van der Waals surface area contributed by atoms with Crippen LogP contribution in [0.25, 0.3) is 0 Å². The molecule has 0 aliphatic carbocycles. The van der Waals surface area contributed by atoms with Crippen molar-refractivity contribution in [1.82, 2.24) is 20.6 Å². The molecule has 8 heteroatoms. The summed E-state index contributed by atoms with van der Waals surface area (Å²) in [4.78, 5) is 12.8. The minimum atomic E-state index is 0. The molecular formula is C11H16IN5S2. The fraction of sp³-hybridized carbons (Fsp3) is 0.364. The van der Waals surface area contributed by atoms with Crippen LogP contribution in [-0.2, 0) is 13.1 Å². The van der Waals surface area contributed by atoms with Gasteiger partial charge in [0.25, 0.3) is 0 Å². The Balaban J connectivity index is 0.00000180. The Morgan fingerprint density at radius 2 is 2.00 bits per heavy atom. The average Bonchev–Trinajstić information content (AvgIpc) is 3.01. The number of hydrogen-bond acceptors (Lipinski definition) is 5. The maximum atomic E-state index is 4.39. The SMILES string of the molecule is CN=C(NCc1nccs1)NCc1nc(C)cs1.I. The number of aromatic nitrogens is 2. The molecule has 0 fully saturated rings. The number of aliphatic imine (C=N–C) groups is 1. The van der Waals surface area contributed by atoms with E-state index < -0.39 is 0 Å². The van der Waals surface area contributed by atoms with Crippen molar-refractivity contribution >= 4 is 52.6 Å². The van der Waals surface area contributed by atoms with Crippen molar-refractivity contribution in [2.75, 3.05) is 7.05 Å². The second-order valence-corrected chi connectivity index (χ2v) is 5.51. The normalized spacial score (nSPS) is 10.9. The van der Waals surface area contributed by atoms with E-state index in [0.29, 0.717) is 13.1 Å². The first-order chi connectivity index (χ1) is 8.78. The molecule has 0 unspecified atom stereocenters. The minimum absolute atomic E-state index is 0. The maximum Gasteiger partial charge on any atom is 0.191 e. The molecule has 0 atom stereocenters. The van der Waals surface area contributed by atoms with E-state index in [1.54, 1.807) is 35.9 Å². The van der Waals surface area contributed by atoms with Crippen LogP contribution in [0.5, 0.6) is 0 Å². The van der Waals surface area contributed by atoms with E-state index in [1.165, 1.54) is 0 Å². The minimum Gasteiger partial charge on any atom is -0.350 e. The third-order valence-electron chi connectivity index (χ3n) is 2.19. The van der Waals surface area contributed by atoms with Gasteiger partial charge < -0.3 is 10.6 Å². The lowest BCUT2D eigenvalue weighted by Crippen LogP contribution is -2.36. The van der Waals surface area contributed by atoms with E-state index in [1.807, 2.05) is 17.7 Å². The van der Waals surface area contributed by atoms with Crippen molar-refractivity contribution < 1.29 is 0 Å². The highest BCUT2D eigenvalue weighted by Gasteiger charge is 2.02. The van der Waals surface area contributed by atoms with Crippen LogP contribution in [0.1, 0.15) is 15.7 Å². The number of guanidine groups is 1. The first kappa shape index (κ1) is 16.3. The molecule has 0 radical (unpaired) electrons. The molecule has 0 saturated carbocycles. The predicted octanol–water partition coefficient (Wildman–Crippen LogP) is 2.39. The summed E-state index contributed by atoms with van der Waals surface area (Å²) in [5.74, 6) is 0.762. The van der Waals surface area contributed by atoms with Gasteiger partial charge in [-0.2, -0.15) is 0 Å². The van der Waals surface area contributed by atoms with Gasteiger partial charge in [-0.15, -0.1) is 46.7 Å². The van der Waals surface area contributed by atoms with Crippen LogP contribution < -0.4 is 10.6 Å². The molecule has 2 rings (SSSR count). The van der Waals surface area contributed by atoms with E-state index in [2.05, 4.69) is 25.6 Å². The molecule has 19 heavy (non-hydrogen) atoms. The number of nitrogens with zero attached hydrogens (tertiary/aromatic N) is 3. The fourth-order valence-corrected chi connectivity index (χ4v) is 2.63. The lowest BCUT2D eigenvalue weighted by atomic mass is 10.5. The zero-order valence-electron chi connectivity index (χ0n) is 10.7. The molecule has 0 aromatic carbocycles. The molecule has 0 spiro atoms. The summed E-state index contributed by atoms with van der Waals surface area (Å²) < 4.78 is 0. The van der Waals surface area contributed by atoms with Gasteiger partial charge in [-0.3, -0.25) is 4.99 Å². The van der Waals surface area contributed by atoms with E-state index in [9.17, 15) is 0 Å². The molecule has 0 bridgehead atoms.